The van der Waals surface area contributed by atoms with Crippen LogP contribution in [0.15, 0.2) is 106 Å². The van der Waals surface area contributed by atoms with Crippen LogP contribution in [0.5, 0.6) is 0 Å². The standard InChI is InChI=1S/C13H21ClFN4O13P3.C13H18ClFN4O4.C10H16ClFN3O13P3.C6H8N9OP.C3H4N2.Cl3OP/c1-18(2)7-16-8-3-4-19(12(21)17-8)11-9(15)10(20)13(5-14,30-11)6-29-34(25,26)32-35(27,28)31-33(22,23)24;1-18(2)7-16-8-3-4-19(12(22)17-8)11-9(15)10(21)13(5-14,6-20)23-11;11-3-10(4-25-30(21,22)28-31(23,24)27-29(18,19)20)7(16)6(12)8(26-10)15-2-1-5(13)14-9(15)17;7-1-8-4-13-17(16,14-5-9-2-11-14)15-6-10-3-12-15;1-2-5-3-4-1;1-5(2,3)4/h3-4,7,9-11,20H,5-6H2,1-2H3,(H,25,26)(H,27,28)(H2,22,23,24);3-4,7,9-11,20-21H,5-6H2,1-2H3;1-2,6-8,16H,3-4H2,(H,21,22)(H,23,24)(H2,13,14,17)(H2,18,19,20);1-6H,(H2,7,8,13,16);1,3H,2H2;. The van der Waals surface area contributed by atoms with E-state index in [4.69, 9.17) is 84.9 Å². The Balaban J connectivity index is 0.000000319. The van der Waals surface area contributed by atoms with Crippen molar-refractivity contribution in [3.63, 3.8) is 0 Å². The molecule has 5 aromatic heterocycles. The molecule has 3 saturated heterocycles. The first kappa shape index (κ1) is 103. The highest BCUT2D eigenvalue weighted by Gasteiger charge is 2.60. The topological polar surface area (TPSA) is 761 Å². The number of phosphoric acid groups is 6. The van der Waals surface area contributed by atoms with Gasteiger partial charge < -0.3 is 95.1 Å². The zero-order valence-corrected chi connectivity index (χ0v) is 70.2. The number of ether oxygens (including phenoxy) is 3. The molecule has 652 valence electrons. The molecule has 54 nitrogen and oxygen atoms in total. The van der Waals surface area contributed by atoms with Crippen molar-refractivity contribution in [1.29, 1.82) is 0 Å². The first-order chi connectivity index (χ1) is 53.5. The van der Waals surface area contributed by atoms with Crippen LogP contribution in [-0.4, -0.2) is 291 Å². The molecule has 0 radical (unpaired) electrons. The number of nitrogens with two attached hydrogens (primary N) is 2. The van der Waals surface area contributed by atoms with Crippen LogP contribution in [0, 0.1) is 0 Å². The molecular formula is C45H67Cl6F3N22O32P8. The van der Waals surface area contributed by atoms with E-state index in [-0.39, 0.29) is 23.3 Å². The minimum atomic E-state index is -5.82. The van der Waals surface area contributed by atoms with Gasteiger partial charge in [0, 0.05) is 53.0 Å². The van der Waals surface area contributed by atoms with Crippen LogP contribution in [0.3, 0.4) is 0 Å². The summed E-state index contributed by atoms with van der Waals surface area (Å²) < 4.78 is 181. The Kier molecular flexibility index (Phi) is 39.0. The first-order valence-corrected chi connectivity index (χ1v) is 46.7. The minimum absolute atomic E-state index is 0.0230. The maximum Gasteiger partial charge on any atom is 0.490 e. The summed E-state index contributed by atoms with van der Waals surface area (Å²) in [4.78, 5) is 148. The number of nitrogens with zero attached hydrogens (tertiary/aromatic N) is 20. The molecule has 5 aromatic rings. The largest absolute Gasteiger partial charge is 0.490 e. The van der Waals surface area contributed by atoms with Gasteiger partial charge in [-0.3, -0.25) is 32.3 Å². The van der Waals surface area contributed by atoms with Gasteiger partial charge in [0.15, 0.2) is 48.8 Å². The van der Waals surface area contributed by atoms with Crippen molar-refractivity contribution in [2.45, 2.75) is 72.3 Å². The lowest BCUT2D eigenvalue weighted by atomic mass is 9.99. The van der Waals surface area contributed by atoms with E-state index >= 15 is 0 Å². The highest BCUT2D eigenvalue weighted by Crippen LogP contribution is 2.68. The number of aliphatic hydroxyl groups excluding tert-OH is 4. The Morgan fingerprint density at radius 2 is 0.957 bits per heavy atom. The van der Waals surface area contributed by atoms with Crippen molar-refractivity contribution in [1.82, 2.24) is 67.5 Å². The molecule has 0 aromatic carbocycles. The molecule has 16 N–H and O–H groups in total. The predicted octanol–water partition coefficient (Wildman–Crippen LogP) is 1.35. The lowest BCUT2D eigenvalue weighted by Crippen LogP contribution is -2.47. The average molecular weight is 1950 g/mol. The Bertz CT molecular complexity index is 4810. The molecular weight excluding hydrogens is 1880 g/mol. The molecule has 16 atom stereocenters. The van der Waals surface area contributed by atoms with E-state index in [0.29, 0.717) is 9.13 Å². The van der Waals surface area contributed by atoms with Crippen molar-refractivity contribution >= 4 is 184 Å². The van der Waals surface area contributed by atoms with E-state index in [0.717, 1.165) is 51.2 Å². The van der Waals surface area contributed by atoms with Crippen molar-refractivity contribution in [3.8, 4) is 0 Å². The van der Waals surface area contributed by atoms with Gasteiger partial charge >= 0.3 is 76.8 Å². The van der Waals surface area contributed by atoms with Gasteiger partial charge in [-0.15, -0.1) is 34.8 Å². The summed E-state index contributed by atoms with van der Waals surface area (Å²) >= 11 is 31.0. The number of halogens is 9. The number of aliphatic imine (C=N–C) groups is 5. The molecule has 9 rings (SSSR count). The van der Waals surface area contributed by atoms with Gasteiger partial charge in [0.25, 0.3) is 0 Å². The fourth-order valence-electron chi connectivity index (χ4n) is 8.45. The van der Waals surface area contributed by atoms with Gasteiger partial charge in [0.1, 0.15) is 78.9 Å². The summed E-state index contributed by atoms with van der Waals surface area (Å²) in [6.07, 6.45) is -1.08. The number of nitrogen functional groups attached to an aromatic ring is 1. The minimum Gasteiger partial charge on any atom is -0.393 e. The molecule has 16 unspecified atom stereocenters. The summed E-state index contributed by atoms with van der Waals surface area (Å²) in [5.41, 5.74) is 1.27. The Labute approximate surface area is 676 Å². The van der Waals surface area contributed by atoms with Gasteiger partial charge in [-0.25, -0.2) is 89.4 Å². The van der Waals surface area contributed by atoms with E-state index in [1.807, 2.05) is 0 Å². The predicted molar refractivity (Wildman–Crippen MR) is 400 cm³/mol. The van der Waals surface area contributed by atoms with Crippen molar-refractivity contribution < 1.29 is 150 Å². The first-order valence-electron chi connectivity index (χ1n) is 30.1. The van der Waals surface area contributed by atoms with E-state index in [2.05, 4.69) is 125 Å². The lowest BCUT2D eigenvalue weighted by molar-refractivity contribution is -0.115. The highest BCUT2D eigenvalue weighted by molar-refractivity contribution is 8.24. The lowest BCUT2D eigenvalue weighted by Gasteiger charge is -2.29. The number of aliphatic hydroxyl groups is 4. The van der Waals surface area contributed by atoms with Gasteiger partial charge in [-0.2, -0.15) is 56.1 Å². The van der Waals surface area contributed by atoms with Gasteiger partial charge in [0.2, 0.25) is 0 Å². The van der Waals surface area contributed by atoms with E-state index in [9.17, 15) is 99.2 Å². The smallest absolute Gasteiger partial charge is 0.393 e. The van der Waals surface area contributed by atoms with Crippen LogP contribution in [0.25, 0.3) is 0 Å². The number of aromatic nitrogens is 12. The van der Waals surface area contributed by atoms with E-state index in [1.165, 1.54) is 56.3 Å². The van der Waals surface area contributed by atoms with Crippen molar-refractivity contribution in [3.05, 3.63) is 93.6 Å². The third-order valence-electron chi connectivity index (χ3n) is 13.4. The van der Waals surface area contributed by atoms with Crippen LogP contribution in [0.1, 0.15) is 18.7 Å². The normalized spacial score (nSPS) is 26.1. The summed E-state index contributed by atoms with van der Waals surface area (Å²) in [6.45, 7) is -2.39. The number of alkyl halides is 6. The van der Waals surface area contributed by atoms with E-state index < -0.39 is 181 Å². The quantitative estimate of drug-likeness (QED) is 0.0139. The fourth-order valence-corrected chi connectivity index (χ4v) is 16.9. The number of anilines is 1. The number of hydrogen-bond donors (Lipinski definition) is 14. The number of phosphoric ester groups is 2. The monoisotopic (exact) mass is 1940 g/mol. The van der Waals surface area contributed by atoms with Crippen LogP contribution in [-0.2, 0) is 77.0 Å². The highest BCUT2D eigenvalue weighted by atomic mass is 36.0. The molecule has 0 spiro atoms. The molecule has 0 amide bonds. The van der Waals surface area contributed by atoms with Gasteiger partial charge in [-0.1, -0.05) is 0 Å². The zero-order valence-electron chi connectivity index (χ0n) is 58.5. The number of hydrogen-bond acceptors (Lipinski definition) is 36. The molecule has 4 aliphatic rings. The van der Waals surface area contributed by atoms with Crippen LogP contribution < -0.4 is 28.5 Å². The molecule has 0 saturated carbocycles. The zero-order chi connectivity index (χ0) is 88.0. The Morgan fingerprint density at radius 3 is 1.23 bits per heavy atom. The van der Waals surface area contributed by atoms with Crippen molar-refractivity contribution in [2.75, 3.05) is 77.9 Å². The van der Waals surface area contributed by atoms with Crippen LogP contribution in [0.2, 0.25) is 0 Å². The molecule has 0 aliphatic carbocycles. The molecule has 0 bridgehead atoms. The second kappa shape index (κ2) is 43.9. The number of rotatable bonds is 29. The second-order valence-corrected chi connectivity index (χ2v) is 40.8. The summed E-state index contributed by atoms with van der Waals surface area (Å²) in [6, 6.07) is 3.76. The molecule has 3 fully saturated rings. The Hall–Kier alpha value is -5.33. The molecule has 71 heteroatoms. The SMILES string of the molecule is C1=NC=NC1.CN(C)C=Nc1ccn(C2OC(CCl)(COP(=O)(O)OP(=O)(O)OP(=O)(O)O)C(O)C2F)c(=O)n1.CN(C)C=Nc1ccn(C2OC(CO)(CCl)C(O)C2F)c(=O)n1.NC=NC=NP(=O)(n1cncn1)n1cncn1.Nc1ccn(C2OC(CCl)(COP(=O)(O)OP(=O)(O)OP(=O)(O)O)C(O)C2F)c(=O)n1.O=P(Cl)(Cl)Cl. The third-order valence-corrected chi connectivity index (χ3v) is 24.2. The third kappa shape index (κ3) is 31.6. The fraction of sp³-hybridized carbons (Fsp3) is 0.511. The summed E-state index contributed by atoms with van der Waals surface area (Å²) in [5.74, 6) is -1.95. The summed E-state index contributed by atoms with van der Waals surface area (Å²) in [5, 5.41) is 44.1. The van der Waals surface area contributed by atoms with Gasteiger partial charge in [-0.05, 0) is 51.9 Å². The summed E-state index contributed by atoms with van der Waals surface area (Å²) in [7, 11) is -30.7. The van der Waals surface area contributed by atoms with Crippen molar-refractivity contribution in [2.24, 2.45) is 35.5 Å². The molecule has 9 heterocycles. The molecule has 116 heavy (non-hydrogen) atoms. The maximum atomic E-state index is 14.9. The van der Waals surface area contributed by atoms with Gasteiger partial charge in [0.05, 0.1) is 63.0 Å². The second-order valence-electron chi connectivity index (χ2n) is 22.5. The maximum absolute atomic E-state index is 14.9. The van der Waals surface area contributed by atoms with E-state index in [1.54, 1.807) is 50.5 Å². The van der Waals surface area contributed by atoms with Crippen LogP contribution in [0.4, 0.5) is 30.6 Å². The average Bonchev–Trinajstić information content (AvgIpc) is 1.62. The molecule has 4 aliphatic heterocycles. The van der Waals surface area contributed by atoms with Crippen LogP contribution >= 0.6 is 128 Å². The Morgan fingerprint density at radius 1 is 0.595 bits per heavy atom.